The summed E-state index contributed by atoms with van der Waals surface area (Å²) in [5, 5.41) is 28.5. The molecule has 0 aromatic rings. The Hall–Kier alpha value is -2.11. The van der Waals surface area contributed by atoms with Gasteiger partial charge in [0.15, 0.2) is 0 Å². The van der Waals surface area contributed by atoms with Crippen LogP contribution < -0.4 is 0 Å². The number of fused-ring (bicyclic) bond motifs is 2. The fourth-order valence-corrected chi connectivity index (χ4v) is 6.45. The lowest BCUT2D eigenvalue weighted by Gasteiger charge is -2.46. The van der Waals surface area contributed by atoms with Crippen LogP contribution in [0.3, 0.4) is 0 Å². The number of urea groups is 1. The van der Waals surface area contributed by atoms with E-state index in [9.17, 15) is 29.4 Å². The maximum Gasteiger partial charge on any atom is 0.353 e. The maximum absolute atomic E-state index is 12.4. The van der Waals surface area contributed by atoms with Crippen molar-refractivity contribution in [2.24, 2.45) is 11.8 Å². The number of thioether (sulfide) groups is 1. The summed E-state index contributed by atoms with van der Waals surface area (Å²) in [5.41, 5.74) is -0.0546. The number of hydrogen-bond acceptors (Lipinski definition) is 7. The van der Waals surface area contributed by atoms with Gasteiger partial charge in [-0.05, 0) is 13.3 Å². The van der Waals surface area contributed by atoms with E-state index in [-0.39, 0.29) is 47.9 Å². The Morgan fingerprint density at radius 3 is 2.52 bits per heavy atom. The Labute approximate surface area is 171 Å². The van der Waals surface area contributed by atoms with Crippen LogP contribution in [0.2, 0.25) is 0 Å². The Morgan fingerprint density at radius 2 is 1.97 bits per heavy atom. The van der Waals surface area contributed by atoms with Gasteiger partial charge in [0.1, 0.15) is 11.7 Å². The van der Waals surface area contributed by atoms with Crippen molar-refractivity contribution in [2.75, 3.05) is 19.7 Å². The third-order valence-electron chi connectivity index (χ3n) is 6.22. The number of β-amino-alcohol motifs (C(OH)–C–C–N with tert-alkyl or cyclic N) is 1. The van der Waals surface area contributed by atoms with Crippen LogP contribution in [0.1, 0.15) is 20.3 Å². The Morgan fingerprint density at radius 1 is 1.28 bits per heavy atom. The van der Waals surface area contributed by atoms with Crippen molar-refractivity contribution in [3.63, 3.8) is 0 Å². The molecule has 0 bridgehead atoms. The normalized spacial score (nSPS) is 34.7. The molecule has 0 unspecified atom stereocenters. The first-order chi connectivity index (χ1) is 13.7. The molecule has 158 valence electrons. The second kappa shape index (κ2) is 6.99. The molecule has 29 heavy (non-hydrogen) atoms. The number of β-lactam (4-membered cyclic amide) rings is 1. The molecule has 0 aromatic heterocycles. The van der Waals surface area contributed by atoms with E-state index in [0.717, 1.165) is 4.90 Å². The Kier molecular flexibility index (Phi) is 4.87. The molecule has 0 aliphatic carbocycles. The van der Waals surface area contributed by atoms with Crippen molar-refractivity contribution in [2.45, 2.75) is 43.7 Å². The molecule has 0 radical (unpaired) electrons. The predicted octanol–water partition coefficient (Wildman–Crippen LogP) is -0.729. The molecule has 4 aliphatic rings. The minimum Gasteiger partial charge on any atom is -0.477 e. The van der Waals surface area contributed by atoms with Gasteiger partial charge in [-0.25, -0.2) is 9.59 Å². The summed E-state index contributed by atoms with van der Waals surface area (Å²) in [7, 11) is 0. The SMILES string of the molecule is C[C@@H](O)[C@H]1C(=O)N2C(C(=O)O)=C(S[C@H]3C[C@H]4C(=O)N(CCO)C(=O)N4C3)[C@H](C)[C@H]12. The zero-order valence-corrected chi connectivity index (χ0v) is 16.8. The van der Waals surface area contributed by atoms with Crippen molar-refractivity contribution in [3.05, 3.63) is 10.6 Å². The lowest BCUT2D eigenvalue weighted by Crippen LogP contribution is -2.63. The average molecular weight is 425 g/mol. The van der Waals surface area contributed by atoms with Crippen LogP contribution in [0.5, 0.6) is 0 Å². The molecule has 4 amide bonds. The summed E-state index contributed by atoms with van der Waals surface area (Å²) in [5.74, 6) is -2.80. The van der Waals surface area contributed by atoms with Gasteiger partial charge in [-0.2, -0.15) is 0 Å². The van der Waals surface area contributed by atoms with E-state index >= 15 is 0 Å². The van der Waals surface area contributed by atoms with E-state index in [0.29, 0.717) is 17.9 Å². The first kappa shape index (κ1) is 20.2. The zero-order chi connectivity index (χ0) is 21.2. The smallest absolute Gasteiger partial charge is 0.353 e. The van der Waals surface area contributed by atoms with Gasteiger partial charge in [0, 0.05) is 22.6 Å². The lowest BCUT2D eigenvalue weighted by atomic mass is 9.79. The van der Waals surface area contributed by atoms with Gasteiger partial charge in [0.05, 0.1) is 31.2 Å². The minimum absolute atomic E-state index is 0.0344. The molecular formula is C18H23N3O7S. The van der Waals surface area contributed by atoms with Gasteiger partial charge in [-0.1, -0.05) is 6.92 Å². The molecule has 4 rings (SSSR count). The fourth-order valence-electron chi connectivity index (χ4n) is 4.92. The molecule has 3 fully saturated rings. The van der Waals surface area contributed by atoms with Crippen molar-refractivity contribution in [1.29, 1.82) is 0 Å². The molecule has 6 atom stereocenters. The van der Waals surface area contributed by atoms with Gasteiger partial charge in [0.2, 0.25) is 5.91 Å². The van der Waals surface area contributed by atoms with E-state index < -0.39 is 30.1 Å². The second-order valence-corrected chi connectivity index (χ2v) is 9.25. The number of aliphatic carboxylic acids is 1. The van der Waals surface area contributed by atoms with Crippen LogP contribution in [-0.2, 0) is 14.4 Å². The molecule has 0 saturated carbocycles. The van der Waals surface area contributed by atoms with E-state index in [1.165, 1.54) is 28.5 Å². The molecule has 3 saturated heterocycles. The second-order valence-electron chi connectivity index (χ2n) is 7.91. The number of imide groups is 1. The van der Waals surface area contributed by atoms with Crippen LogP contribution in [-0.4, -0.2) is 97.0 Å². The highest BCUT2D eigenvalue weighted by molar-refractivity contribution is 8.03. The highest BCUT2D eigenvalue weighted by Gasteiger charge is 2.60. The average Bonchev–Trinajstić information content (AvgIpc) is 3.23. The minimum atomic E-state index is -1.20. The molecule has 0 spiro atoms. The van der Waals surface area contributed by atoms with E-state index in [1.54, 1.807) is 0 Å². The predicted molar refractivity (Wildman–Crippen MR) is 100 cm³/mol. The summed E-state index contributed by atoms with van der Waals surface area (Å²) >= 11 is 1.31. The summed E-state index contributed by atoms with van der Waals surface area (Å²) in [4.78, 5) is 53.5. The van der Waals surface area contributed by atoms with Gasteiger partial charge < -0.3 is 25.1 Å². The molecule has 4 aliphatic heterocycles. The van der Waals surface area contributed by atoms with Crippen LogP contribution >= 0.6 is 11.8 Å². The number of aliphatic hydroxyl groups is 2. The highest BCUT2D eigenvalue weighted by Crippen LogP contribution is 2.52. The summed E-state index contributed by atoms with van der Waals surface area (Å²) in [6.07, 6.45) is -0.478. The van der Waals surface area contributed by atoms with Crippen molar-refractivity contribution in [1.82, 2.24) is 14.7 Å². The van der Waals surface area contributed by atoms with Gasteiger partial charge in [-0.15, -0.1) is 11.8 Å². The van der Waals surface area contributed by atoms with Gasteiger partial charge >= 0.3 is 12.0 Å². The number of hydrogen-bond donors (Lipinski definition) is 3. The first-order valence-electron chi connectivity index (χ1n) is 9.57. The largest absolute Gasteiger partial charge is 0.477 e. The third-order valence-corrected chi connectivity index (χ3v) is 7.71. The Bertz CT molecular complexity index is 804. The first-order valence-corrected chi connectivity index (χ1v) is 10.4. The molecule has 0 aromatic carbocycles. The van der Waals surface area contributed by atoms with Crippen molar-refractivity contribution in [3.8, 4) is 0 Å². The lowest BCUT2D eigenvalue weighted by molar-refractivity contribution is -0.163. The summed E-state index contributed by atoms with van der Waals surface area (Å²) in [6.45, 7) is 3.33. The number of amides is 4. The number of carboxylic acid groups (broad SMARTS) is 1. The van der Waals surface area contributed by atoms with Crippen LogP contribution in [0, 0.1) is 11.8 Å². The number of aliphatic hydroxyl groups excluding tert-OH is 2. The zero-order valence-electron chi connectivity index (χ0n) is 16.0. The quantitative estimate of drug-likeness (QED) is 0.374. The number of carbonyl (C=O) groups excluding carboxylic acids is 3. The van der Waals surface area contributed by atoms with Crippen LogP contribution in [0.25, 0.3) is 0 Å². The topological polar surface area (TPSA) is 139 Å². The van der Waals surface area contributed by atoms with Crippen molar-refractivity contribution >= 4 is 35.6 Å². The van der Waals surface area contributed by atoms with Gasteiger partial charge in [-0.3, -0.25) is 14.5 Å². The molecule has 4 heterocycles. The molecular weight excluding hydrogens is 402 g/mol. The monoisotopic (exact) mass is 425 g/mol. The van der Waals surface area contributed by atoms with E-state index in [1.807, 2.05) is 6.92 Å². The standard InChI is InChI=1S/C18H23N3O7S/c1-7-12-11(8(2)23)16(25)21(12)13(17(26)27)14(7)29-9-5-10-15(24)19(3-4-22)18(28)20(10)6-9/h7-12,22-23H,3-6H2,1-2H3,(H,26,27)/t7-,8-,9+,10+,11-,12-/m1/s1. The van der Waals surface area contributed by atoms with E-state index in [4.69, 9.17) is 5.11 Å². The maximum atomic E-state index is 12.4. The van der Waals surface area contributed by atoms with Gasteiger partial charge in [0.25, 0.3) is 5.91 Å². The van der Waals surface area contributed by atoms with Crippen molar-refractivity contribution < 1.29 is 34.5 Å². The number of nitrogens with zero attached hydrogens (tertiary/aromatic N) is 3. The Balaban J connectivity index is 1.53. The molecule has 11 heteroatoms. The third kappa shape index (κ3) is 2.78. The number of carboxylic acids is 1. The fraction of sp³-hybridized carbons (Fsp3) is 0.667. The number of rotatable bonds is 6. The van der Waals surface area contributed by atoms with E-state index in [2.05, 4.69) is 0 Å². The summed E-state index contributed by atoms with van der Waals surface area (Å²) in [6, 6.07) is -1.42. The van der Waals surface area contributed by atoms with Crippen LogP contribution in [0.4, 0.5) is 4.79 Å². The molecule has 10 nitrogen and oxygen atoms in total. The highest BCUT2D eigenvalue weighted by atomic mass is 32.2. The number of carbonyl (C=O) groups is 4. The molecule has 3 N–H and O–H groups in total. The summed E-state index contributed by atoms with van der Waals surface area (Å²) < 4.78 is 0. The van der Waals surface area contributed by atoms with Crippen LogP contribution in [0.15, 0.2) is 10.6 Å².